The molecule has 0 unspecified atom stereocenters. The van der Waals surface area contributed by atoms with Crippen molar-refractivity contribution in [3.63, 3.8) is 0 Å². The Morgan fingerprint density at radius 3 is 2.24 bits per heavy atom. The number of nitrogens with one attached hydrogen (secondary N) is 1. The quantitative estimate of drug-likeness (QED) is 0.318. The Hall–Kier alpha value is -3.09. The van der Waals surface area contributed by atoms with Crippen LogP contribution >= 0.6 is 27.5 Å². The van der Waals surface area contributed by atoms with E-state index in [1.807, 2.05) is 36.4 Å². The van der Waals surface area contributed by atoms with Gasteiger partial charge in [-0.1, -0.05) is 60.8 Å². The van der Waals surface area contributed by atoms with Crippen molar-refractivity contribution in [2.24, 2.45) is 0 Å². The second kappa shape index (κ2) is 10.5. The summed E-state index contributed by atoms with van der Waals surface area (Å²) in [7, 11) is 0. The van der Waals surface area contributed by atoms with E-state index < -0.39 is 11.4 Å². The Kier molecular flexibility index (Phi) is 7.39. The molecule has 2 N–H and O–H groups in total. The second-order valence-electron chi connectivity index (χ2n) is 8.21. The van der Waals surface area contributed by atoms with Crippen LogP contribution in [0, 0.1) is 0 Å². The van der Waals surface area contributed by atoms with Gasteiger partial charge in [0.2, 0.25) is 5.91 Å². The molecule has 174 valence electrons. The first-order valence-corrected chi connectivity index (χ1v) is 12.1. The average Bonchev–Trinajstić information content (AvgIpc) is 3.33. The van der Waals surface area contributed by atoms with Crippen molar-refractivity contribution in [1.29, 1.82) is 0 Å². The van der Waals surface area contributed by atoms with E-state index in [9.17, 15) is 14.7 Å². The van der Waals surface area contributed by atoms with Gasteiger partial charge >= 0.3 is 5.97 Å². The molecule has 0 spiro atoms. The minimum absolute atomic E-state index is 0.176. The third-order valence-corrected chi connectivity index (χ3v) is 6.93. The van der Waals surface area contributed by atoms with Crippen LogP contribution in [0.1, 0.15) is 36.8 Å². The molecule has 0 bridgehead atoms. The summed E-state index contributed by atoms with van der Waals surface area (Å²) >= 11 is 9.47. The number of carboxylic acids is 1. The molecule has 1 fully saturated rings. The Morgan fingerprint density at radius 1 is 0.971 bits per heavy atom. The van der Waals surface area contributed by atoms with E-state index in [1.165, 1.54) is 6.08 Å². The van der Waals surface area contributed by atoms with Gasteiger partial charge in [0, 0.05) is 5.02 Å². The highest BCUT2D eigenvalue weighted by molar-refractivity contribution is 9.10. The van der Waals surface area contributed by atoms with E-state index in [4.69, 9.17) is 16.3 Å². The van der Waals surface area contributed by atoms with Crippen LogP contribution in [-0.2, 0) is 15.0 Å². The molecule has 1 amide bonds. The number of para-hydroxylation sites is 1. The number of carboxylic acid groups (broad SMARTS) is 1. The molecular formula is C27H23BrClNO4. The first kappa shape index (κ1) is 24.0. The molecular weight excluding hydrogens is 518 g/mol. The van der Waals surface area contributed by atoms with Gasteiger partial charge in [0.15, 0.2) is 0 Å². The van der Waals surface area contributed by atoms with Crippen LogP contribution in [0.2, 0.25) is 5.02 Å². The molecule has 1 aliphatic carbocycles. The lowest BCUT2D eigenvalue weighted by molar-refractivity contribution is -0.135. The number of ether oxygens (including phenoxy) is 1. The highest BCUT2D eigenvalue weighted by Gasteiger charge is 2.43. The molecule has 0 radical (unpaired) electrons. The lowest BCUT2D eigenvalue weighted by Crippen LogP contribution is -2.43. The van der Waals surface area contributed by atoms with Crippen molar-refractivity contribution in [2.45, 2.75) is 31.1 Å². The molecule has 1 saturated carbocycles. The summed E-state index contributed by atoms with van der Waals surface area (Å²) in [4.78, 5) is 25.3. The van der Waals surface area contributed by atoms with Crippen molar-refractivity contribution >= 4 is 45.5 Å². The maximum absolute atomic E-state index is 13.4. The summed E-state index contributed by atoms with van der Waals surface area (Å²) in [5.74, 6) is -0.230. The summed E-state index contributed by atoms with van der Waals surface area (Å²) in [6, 6.07) is 21.7. The number of carbonyl (C=O) groups is 2. The molecule has 1 aliphatic rings. The van der Waals surface area contributed by atoms with E-state index in [1.54, 1.807) is 36.4 Å². The zero-order valence-electron chi connectivity index (χ0n) is 18.3. The Morgan fingerprint density at radius 2 is 1.62 bits per heavy atom. The predicted molar refractivity (Wildman–Crippen MR) is 136 cm³/mol. The van der Waals surface area contributed by atoms with Gasteiger partial charge in [-0.05, 0) is 82.4 Å². The third kappa shape index (κ3) is 5.34. The fourth-order valence-electron chi connectivity index (χ4n) is 4.24. The first-order chi connectivity index (χ1) is 16.4. The molecule has 4 rings (SSSR count). The van der Waals surface area contributed by atoms with Gasteiger partial charge in [-0.2, -0.15) is 0 Å². The molecule has 3 aromatic carbocycles. The average molecular weight is 541 g/mol. The number of benzene rings is 3. The predicted octanol–water partition coefficient (Wildman–Crippen LogP) is 6.95. The topological polar surface area (TPSA) is 75.6 Å². The number of hydrogen-bond acceptors (Lipinski definition) is 3. The van der Waals surface area contributed by atoms with Gasteiger partial charge in [0.25, 0.3) is 0 Å². The van der Waals surface area contributed by atoms with Gasteiger partial charge in [-0.15, -0.1) is 0 Å². The van der Waals surface area contributed by atoms with Crippen LogP contribution in [0.5, 0.6) is 11.5 Å². The lowest BCUT2D eigenvalue weighted by atomic mass is 9.78. The van der Waals surface area contributed by atoms with E-state index in [0.29, 0.717) is 34.9 Å². The van der Waals surface area contributed by atoms with Crippen molar-refractivity contribution in [2.75, 3.05) is 0 Å². The molecule has 0 aromatic heterocycles. The molecule has 0 heterocycles. The molecule has 0 atom stereocenters. The van der Waals surface area contributed by atoms with Gasteiger partial charge in [0.1, 0.15) is 17.2 Å². The smallest absolute Gasteiger partial charge is 0.352 e. The minimum atomic E-state index is -1.20. The molecule has 5 nitrogen and oxygen atoms in total. The Labute approximate surface area is 211 Å². The highest BCUT2D eigenvalue weighted by Crippen LogP contribution is 2.42. The minimum Gasteiger partial charge on any atom is -0.477 e. The van der Waals surface area contributed by atoms with E-state index in [0.717, 1.165) is 22.9 Å². The van der Waals surface area contributed by atoms with Crippen LogP contribution in [0.15, 0.2) is 83.0 Å². The van der Waals surface area contributed by atoms with Crippen molar-refractivity contribution in [3.05, 3.63) is 99.1 Å². The SMILES string of the molecule is O=C(O)C(=Cc1ccc(Oc2ccccc2Br)cc1)NC(=O)C1(c2ccc(Cl)cc2)CCCC1. The van der Waals surface area contributed by atoms with Crippen LogP contribution in [-0.4, -0.2) is 17.0 Å². The summed E-state index contributed by atoms with van der Waals surface area (Å²) in [5.41, 5.74) is 0.541. The molecule has 34 heavy (non-hydrogen) atoms. The van der Waals surface area contributed by atoms with Crippen LogP contribution < -0.4 is 10.1 Å². The summed E-state index contributed by atoms with van der Waals surface area (Å²) in [6.45, 7) is 0. The molecule has 7 heteroatoms. The van der Waals surface area contributed by atoms with Crippen molar-refractivity contribution in [1.82, 2.24) is 5.32 Å². The molecule has 0 saturated heterocycles. The zero-order chi connectivity index (χ0) is 24.1. The zero-order valence-corrected chi connectivity index (χ0v) is 20.6. The third-order valence-electron chi connectivity index (χ3n) is 6.02. The number of rotatable bonds is 7. The number of aliphatic carboxylic acids is 1. The van der Waals surface area contributed by atoms with Crippen LogP contribution in [0.4, 0.5) is 0 Å². The van der Waals surface area contributed by atoms with Crippen molar-refractivity contribution in [3.8, 4) is 11.5 Å². The summed E-state index contributed by atoms with van der Waals surface area (Å²) in [5, 5.41) is 13.0. The monoisotopic (exact) mass is 539 g/mol. The summed E-state index contributed by atoms with van der Waals surface area (Å²) in [6.07, 6.45) is 4.58. The highest BCUT2D eigenvalue weighted by atomic mass is 79.9. The van der Waals surface area contributed by atoms with Gasteiger partial charge < -0.3 is 15.2 Å². The number of hydrogen-bond donors (Lipinski definition) is 2. The lowest BCUT2D eigenvalue weighted by Gasteiger charge is -2.28. The Bertz CT molecular complexity index is 1220. The number of halogens is 2. The molecule has 0 aliphatic heterocycles. The van der Waals surface area contributed by atoms with E-state index >= 15 is 0 Å². The van der Waals surface area contributed by atoms with E-state index in [-0.39, 0.29) is 11.6 Å². The Balaban J connectivity index is 1.54. The van der Waals surface area contributed by atoms with Gasteiger partial charge in [-0.3, -0.25) is 4.79 Å². The van der Waals surface area contributed by atoms with Crippen molar-refractivity contribution < 1.29 is 19.4 Å². The largest absolute Gasteiger partial charge is 0.477 e. The second-order valence-corrected chi connectivity index (χ2v) is 9.51. The van der Waals surface area contributed by atoms with Crippen LogP contribution in [0.25, 0.3) is 6.08 Å². The standard InChI is InChI=1S/C27H23BrClNO4/c28-22-5-1-2-6-24(22)34-21-13-7-18(8-14-21)17-23(25(31)32)30-26(33)27(15-3-4-16-27)19-9-11-20(29)12-10-19/h1-2,5-14,17H,3-4,15-16H2,(H,30,33)(H,31,32). The summed E-state index contributed by atoms with van der Waals surface area (Å²) < 4.78 is 6.69. The van der Waals surface area contributed by atoms with E-state index in [2.05, 4.69) is 21.2 Å². The fraction of sp³-hybridized carbons (Fsp3) is 0.185. The van der Waals surface area contributed by atoms with Gasteiger partial charge in [-0.25, -0.2) is 4.79 Å². The fourth-order valence-corrected chi connectivity index (χ4v) is 4.73. The number of carbonyl (C=O) groups excluding carboxylic acids is 1. The van der Waals surface area contributed by atoms with Crippen LogP contribution in [0.3, 0.4) is 0 Å². The maximum atomic E-state index is 13.4. The number of amides is 1. The molecule has 3 aromatic rings. The van der Waals surface area contributed by atoms with Gasteiger partial charge in [0.05, 0.1) is 9.89 Å². The maximum Gasteiger partial charge on any atom is 0.352 e. The first-order valence-electron chi connectivity index (χ1n) is 10.9. The normalized spacial score (nSPS) is 15.1.